The van der Waals surface area contributed by atoms with E-state index in [1.807, 2.05) is 18.8 Å². The van der Waals surface area contributed by atoms with Gasteiger partial charge < -0.3 is 10.1 Å². The molecule has 0 aromatic carbocycles. The van der Waals surface area contributed by atoms with Gasteiger partial charge in [-0.15, -0.1) is 5.10 Å². The van der Waals surface area contributed by atoms with Crippen LogP contribution in [0.3, 0.4) is 0 Å². The van der Waals surface area contributed by atoms with E-state index in [2.05, 4.69) is 38.5 Å². The van der Waals surface area contributed by atoms with Crippen molar-refractivity contribution in [2.45, 2.75) is 50.7 Å². The summed E-state index contributed by atoms with van der Waals surface area (Å²) in [5.41, 5.74) is 0.928. The summed E-state index contributed by atoms with van der Waals surface area (Å²) in [7, 11) is 3.92. The van der Waals surface area contributed by atoms with Crippen LogP contribution in [-0.2, 0) is 11.8 Å². The van der Waals surface area contributed by atoms with Crippen LogP contribution in [0.25, 0.3) is 0 Å². The molecule has 1 aromatic rings. The molecule has 0 aliphatic heterocycles. The number of ether oxygens (including phenoxy) is 1. The smallest absolute Gasteiger partial charge is 0.153 e. The highest BCUT2D eigenvalue weighted by Crippen LogP contribution is 2.42. The Balaban J connectivity index is 2.37. The molecule has 1 aliphatic carbocycles. The second kappa shape index (κ2) is 6.33. The van der Waals surface area contributed by atoms with Gasteiger partial charge in [0, 0.05) is 13.7 Å². The van der Waals surface area contributed by atoms with Crippen LogP contribution in [0.15, 0.2) is 4.60 Å². The fraction of sp³-hybridized carbons (Fsp3) is 0.846. The minimum Gasteiger partial charge on any atom is -0.373 e. The van der Waals surface area contributed by atoms with Gasteiger partial charge in [-0.2, -0.15) is 0 Å². The minimum absolute atomic E-state index is 0.113. The van der Waals surface area contributed by atoms with Crippen LogP contribution in [0.1, 0.15) is 50.8 Å². The molecule has 19 heavy (non-hydrogen) atoms. The van der Waals surface area contributed by atoms with Crippen molar-refractivity contribution >= 4 is 15.9 Å². The summed E-state index contributed by atoms with van der Waals surface area (Å²) in [6.45, 7) is 2.81. The molecule has 2 rings (SSSR count). The van der Waals surface area contributed by atoms with Crippen LogP contribution in [0, 0.1) is 0 Å². The van der Waals surface area contributed by atoms with Gasteiger partial charge in [-0.3, -0.25) is 0 Å². The van der Waals surface area contributed by atoms with Gasteiger partial charge in [0.15, 0.2) is 4.60 Å². The largest absolute Gasteiger partial charge is 0.373 e. The van der Waals surface area contributed by atoms with Gasteiger partial charge in [-0.1, -0.05) is 24.5 Å². The van der Waals surface area contributed by atoms with Gasteiger partial charge >= 0.3 is 0 Å². The zero-order valence-electron chi connectivity index (χ0n) is 11.9. The maximum Gasteiger partial charge on any atom is 0.153 e. The van der Waals surface area contributed by atoms with Crippen molar-refractivity contribution in [3.8, 4) is 0 Å². The monoisotopic (exact) mass is 330 g/mol. The standard InChI is InChI=1S/C13H23BrN4O/c1-4-19-13(8-6-5-7-9-13)11(15-2)10-12(14)16-17-18(10)3/h11,15H,4-9H2,1-3H3. The lowest BCUT2D eigenvalue weighted by atomic mass is 9.78. The Hall–Kier alpha value is -0.460. The SMILES string of the molecule is CCOC1(C(NC)c2c(Br)nnn2C)CCCCC1. The average molecular weight is 331 g/mol. The summed E-state index contributed by atoms with van der Waals surface area (Å²) in [6, 6.07) is 0.113. The molecule has 1 aromatic heterocycles. The molecule has 1 saturated carbocycles. The van der Waals surface area contributed by atoms with E-state index in [-0.39, 0.29) is 11.6 Å². The number of nitrogens with one attached hydrogen (secondary N) is 1. The van der Waals surface area contributed by atoms with E-state index >= 15 is 0 Å². The molecule has 108 valence electrons. The Morgan fingerprint density at radius 3 is 2.58 bits per heavy atom. The van der Waals surface area contributed by atoms with E-state index < -0.39 is 0 Å². The Morgan fingerprint density at radius 2 is 2.11 bits per heavy atom. The molecule has 1 fully saturated rings. The number of rotatable bonds is 5. The van der Waals surface area contributed by atoms with Gasteiger partial charge in [-0.05, 0) is 42.7 Å². The second-order valence-electron chi connectivity index (χ2n) is 5.17. The third kappa shape index (κ3) is 2.85. The fourth-order valence-electron chi connectivity index (χ4n) is 3.25. The fourth-order valence-corrected chi connectivity index (χ4v) is 3.80. The van der Waals surface area contributed by atoms with Crippen LogP contribution in [0.5, 0.6) is 0 Å². The molecular weight excluding hydrogens is 308 g/mol. The molecule has 0 amide bonds. The highest BCUT2D eigenvalue weighted by Gasteiger charge is 2.43. The van der Waals surface area contributed by atoms with E-state index in [0.717, 1.165) is 29.7 Å². The number of aryl methyl sites for hydroxylation is 1. The van der Waals surface area contributed by atoms with Crippen LogP contribution < -0.4 is 5.32 Å². The predicted octanol–water partition coefficient (Wildman–Crippen LogP) is 2.58. The summed E-state index contributed by atoms with van der Waals surface area (Å²) in [5, 5.41) is 11.6. The zero-order chi connectivity index (χ0) is 13.9. The van der Waals surface area contributed by atoms with E-state index in [1.54, 1.807) is 0 Å². The number of hydrogen-bond donors (Lipinski definition) is 1. The molecule has 6 heteroatoms. The van der Waals surface area contributed by atoms with E-state index in [9.17, 15) is 0 Å². The Bertz CT molecular complexity index is 390. The zero-order valence-corrected chi connectivity index (χ0v) is 13.5. The first-order valence-electron chi connectivity index (χ1n) is 7.01. The lowest BCUT2D eigenvalue weighted by Crippen LogP contribution is -2.47. The Labute approximate surface area is 123 Å². The summed E-state index contributed by atoms with van der Waals surface area (Å²) in [4.78, 5) is 0. The first-order chi connectivity index (χ1) is 9.14. The van der Waals surface area contributed by atoms with Crippen LogP contribution in [0.4, 0.5) is 0 Å². The normalized spacial score (nSPS) is 20.4. The van der Waals surface area contributed by atoms with Crippen molar-refractivity contribution in [3.63, 3.8) is 0 Å². The van der Waals surface area contributed by atoms with Crippen LogP contribution >= 0.6 is 15.9 Å². The third-order valence-electron chi connectivity index (χ3n) is 4.05. The van der Waals surface area contributed by atoms with Gasteiger partial charge in [0.2, 0.25) is 0 Å². The van der Waals surface area contributed by atoms with E-state index in [1.165, 1.54) is 19.3 Å². The molecular formula is C13H23BrN4O. The third-order valence-corrected chi connectivity index (χ3v) is 4.61. The maximum absolute atomic E-state index is 6.21. The molecule has 1 aliphatic rings. The quantitative estimate of drug-likeness (QED) is 0.901. The van der Waals surface area contributed by atoms with Crippen molar-refractivity contribution in [3.05, 3.63) is 10.3 Å². The number of halogens is 1. The lowest BCUT2D eigenvalue weighted by Gasteiger charge is -2.43. The van der Waals surface area contributed by atoms with Crippen LogP contribution in [0.2, 0.25) is 0 Å². The van der Waals surface area contributed by atoms with E-state index in [4.69, 9.17) is 4.74 Å². The van der Waals surface area contributed by atoms with Crippen LogP contribution in [-0.4, -0.2) is 34.2 Å². The van der Waals surface area contributed by atoms with Crippen molar-refractivity contribution in [2.24, 2.45) is 7.05 Å². The highest BCUT2D eigenvalue weighted by atomic mass is 79.9. The first-order valence-corrected chi connectivity index (χ1v) is 7.80. The molecule has 1 heterocycles. The van der Waals surface area contributed by atoms with Crippen molar-refractivity contribution in [1.82, 2.24) is 20.3 Å². The van der Waals surface area contributed by atoms with Gasteiger partial charge in [0.25, 0.3) is 0 Å². The molecule has 0 spiro atoms. The maximum atomic E-state index is 6.21. The number of aromatic nitrogens is 3. The Kier molecular flexibility index (Phi) is 4.97. The van der Waals surface area contributed by atoms with E-state index in [0.29, 0.717) is 0 Å². The second-order valence-corrected chi connectivity index (χ2v) is 5.92. The topological polar surface area (TPSA) is 52.0 Å². The highest BCUT2D eigenvalue weighted by molar-refractivity contribution is 9.10. The number of nitrogens with zero attached hydrogens (tertiary/aromatic N) is 3. The van der Waals surface area contributed by atoms with Gasteiger partial charge in [-0.25, -0.2) is 4.68 Å². The summed E-state index contributed by atoms with van der Waals surface area (Å²) in [6.07, 6.45) is 5.92. The van der Waals surface area contributed by atoms with Crippen molar-refractivity contribution < 1.29 is 4.74 Å². The number of likely N-dealkylation sites (N-methyl/N-ethyl adjacent to an activating group) is 1. The molecule has 1 N–H and O–H groups in total. The van der Waals surface area contributed by atoms with Gasteiger partial charge in [0.1, 0.15) is 0 Å². The minimum atomic E-state index is -0.139. The summed E-state index contributed by atoms with van der Waals surface area (Å²) >= 11 is 3.51. The molecule has 1 atom stereocenters. The summed E-state index contributed by atoms with van der Waals surface area (Å²) in [5.74, 6) is 0. The molecule has 0 radical (unpaired) electrons. The molecule has 0 saturated heterocycles. The molecule has 1 unspecified atom stereocenters. The lowest BCUT2D eigenvalue weighted by molar-refractivity contribution is -0.0915. The average Bonchev–Trinajstić information content (AvgIpc) is 2.73. The van der Waals surface area contributed by atoms with Crippen molar-refractivity contribution in [1.29, 1.82) is 0 Å². The predicted molar refractivity (Wildman–Crippen MR) is 77.9 cm³/mol. The first kappa shape index (κ1) is 14.9. The molecule has 0 bridgehead atoms. The van der Waals surface area contributed by atoms with Crippen molar-refractivity contribution in [2.75, 3.05) is 13.7 Å². The van der Waals surface area contributed by atoms with Gasteiger partial charge in [0.05, 0.1) is 17.3 Å². The summed E-state index contributed by atoms with van der Waals surface area (Å²) < 4.78 is 8.84. The Morgan fingerprint density at radius 1 is 1.42 bits per heavy atom. The number of hydrogen-bond acceptors (Lipinski definition) is 4. The molecule has 5 nitrogen and oxygen atoms in total.